The van der Waals surface area contributed by atoms with E-state index in [1.54, 1.807) is 0 Å². The van der Waals surface area contributed by atoms with Crippen molar-refractivity contribution in [2.75, 3.05) is 50.7 Å². The standard InChI is InChI=1S/C21H34N4O.2ClH/c1-17(2)24-12-14-25(15-13-24)19-6-4-18(5-7-19)20(26)23-16-21(3)8-10-22-11-9-21;;/h4-7,17,22H,8-16H2,1-3H3,(H,23,26);2*1H. The smallest absolute Gasteiger partial charge is 0.251 e. The van der Waals surface area contributed by atoms with Crippen molar-refractivity contribution >= 4 is 36.4 Å². The van der Waals surface area contributed by atoms with Crippen molar-refractivity contribution < 1.29 is 4.79 Å². The fourth-order valence-electron chi connectivity index (χ4n) is 3.92. The number of anilines is 1. The summed E-state index contributed by atoms with van der Waals surface area (Å²) in [5.74, 6) is 0.0425. The van der Waals surface area contributed by atoms with E-state index < -0.39 is 0 Å². The lowest BCUT2D eigenvalue weighted by molar-refractivity contribution is 0.0922. The lowest BCUT2D eigenvalue weighted by Crippen LogP contribution is -2.48. The van der Waals surface area contributed by atoms with E-state index in [0.717, 1.165) is 64.2 Å². The van der Waals surface area contributed by atoms with Crippen LogP contribution in [0.4, 0.5) is 5.69 Å². The van der Waals surface area contributed by atoms with Gasteiger partial charge in [-0.3, -0.25) is 9.69 Å². The molecule has 2 saturated heterocycles. The molecule has 0 bridgehead atoms. The number of piperidine rings is 1. The van der Waals surface area contributed by atoms with Gasteiger partial charge in [-0.15, -0.1) is 24.8 Å². The highest BCUT2D eigenvalue weighted by Gasteiger charge is 2.27. The molecule has 0 spiro atoms. The van der Waals surface area contributed by atoms with Crippen molar-refractivity contribution in [1.29, 1.82) is 0 Å². The highest BCUT2D eigenvalue weighted by molar-refractivity contribution is 5.94. The predicted molar refractivity (Wildman–Crippen MR) is 122 cm³/mol. The molecule has 0 aromatic heterocycles. The van der Waals surface area contributed by atoms with E-state index in [9.17, 15) is 4.79 Å². The highest BCUT2D eigenvalue weighted by Crippen LogP contribution is 2.27. The summed E-state index contributed by atoms with van der Waals surface area (Å²) in [4.78, 5) is 17.4. The number of nitrogens with one attached hydrogen (secondary N) is 2. The molecule has 0 unspecified atom stereocenters. The van der Waals surface area contributed by atoms with Gasteiger partial charge in [-0.25, -0.2) is 0 Å². The second kappa shape index (κ2) is 11.2. The number of carbonyl (C=O) groups excluding carboxylic acids is 1. The Bertz CT molecular complexity index is 595. The summed E-state index contributed by atoms with van der Waals surface area (Å²) < 4.78 is 0. The minimum absolute atomic E-state index is 0. The molecule has 1 amide bonds. The van der Waals surface area contributed by atoms with Gasteiger partial charge in [0.05, 0.1) is 0 Å². The molecule has 0 aliphatic carbocycles. The molecular formula is C21H36Cl2N4O. The van der Waals surface area contributed by atoms with E-state index >= 15 is 0 Å². The minimum Gasteiger partial charge on any atom is -0.369 e. The van der Waals surface area contributed by atoms with Crippen LogP contribution in [0.1, 0.15) is 44.0 Å². The van der Waals surface area contributed by atoms with Gasteiger partial charge in [0.1, 0.15) is 0 Å². The van der Waals surface area contributed by atoms with Gasteiger partial charge < -0.3 is 15.5 Å². The van der Waals surface area contributed by atoms with E-state index in [2.05, 4.69) is 53.3 Å². The Morgan fingerprint density at radius 3 is 2.18 bits per heavy atom. The maximum Gasteiger partial charge on any atom is 0.251 e. The first-order valence-corrected chi connectivity index (χ1v) is 10.0. The van der Waals surface area contributed by atoms with Crippen LogP contribution in [0.2, 0.25) is 0 Å². The first-order chi connectivity index (χ1) is 12.5. The third-order valence-corrected chi connectivity index (χ3v) is 6.03. The van der Waals surface area contributed by atoms with Crippen LogP contribution >= 0.6 is 24.8 Å². The minimum atomic E-state index is 0. The SMILES string of the molecule is CC(C)N1CCN(c2ccc(C(=O)NCC3(C)CCNCC3)cc2)CC1.Cl.Cl. The third-order valence-electron chi connectivity index (χ3n) is 6.03. The zero-order valence-corrected chi connectivity index (χ0v) is 19.0. The fourth-order valence-corrected chi connectivity index (χ4v) is 3.92. The molecule has 1 aromatic carbocycles. The predicted octanol–water partition coefficient (Wildman–Crippen LogP) is 3.18. The summed E-state index contributed by atoms with van der Waals surface area (Å²) in [5, 5.41) is 6.52. The Hall–Kier alpha value is -1.01. The Kier molecular flexibility index (Phi) is 10.1. The van der Waals surface area contributed by atoms with E-state index in [1.165, 1.54) is 5.69 Å². The van der Waals surface area contributed by atoms with Crippen molar-refractivity contribution in [3.8, 4) is 0 Å². The highest BCUT2D eigenvalue weighted by atomic mass is 35.5. The maximum atomic E-state index is 12.5. The maximum absolute atomic E-state index is 12.5. The topological polar surface area (TPSA) is 47.6 Å². The molecule has 0 atom stereocenters. The lowest BCUT2D eigenvalue weighted by Gasteiger charge is -2.38. The van der Waals surface area contributed by atoms with Gasteiger partial charge in [-0.1, -0.05) is 6.92 Å². The van der Waals surface area contributed by atoms with Crippen molar-refractivity contribution in [3.63, 3.8) is 0 Å². The Morgan fingerprint density at radius 2 is 1.64 bits per heavy atom. The molecule has 0 radical (unpaired) electrons. The molecule has 28 heavy (non-hydrogen) atoms. The van der Waals surface area contributed by atoms with E-state index in [0.29, 0.717) is 6.04 Å². The molecule has 1 aromatic rings. The Morgan fingerprint density at radius 1 is 1.07 bits per heavy atom. The summed E-state index contributed by atoms with van der Waals surface area (Å²) in [7, 11) is 0. The van der Waals surface area contributed by atoms with Crippen molar-refractivity contribution in [2.24, 2.45) is 5.41 Å². The third kappa shape index (κ3) is 6.51. The number of amides is 1. The number of piperazine rings is 1. The average Bonchev–Trinajstić information content (AvgIpc) is 2.67. The normalized spacial score (nSPS) is 19.5. The van der Waals surface area contributed by atoms with Crippen molar-refractivity contribution in [3.05, 3.63) is 29.8 Å². The Labute approximate surface area is 182 Å². The number of carbonyl (C=O) groups is 1. The summed E-state index contributed by atoms with van der Waals surface area (Å²) in [5.41, 5.74) is 2.19. The summed E-state index contributed by atoms with van der Waals surface area (Å²) in [6.07, 6.45) is 2.24. The van der Waals surface area contributed by atoms with E-state index in [4.69, 9.17) is 0 Å². The fraction of sp³-hybridized carbons (Fsp3) is 0.667. The van der Waals surface area contributed by atoms with Crippen molar-refractivity contribution in [1.82, 2.24) is 15.5 Å². The number of nitrogens with zero attached hydrogens (tertiary/aromatic N) is 2. The van der Waals surface area contributed by atoms with Gasteiger partial charge in [0.2, 0.25) is 0 Å². The number of rotatable bonds is 5. The first kappa shape index (κ1) is 25.0. The van der Waals surface area contributed by atoms with Crippen LogP contribution in [0.15, 0.2) is 24.3 Å². The van der Waals surface area contributed by atoms with E-state index in [1.807, 2.05) is 12.1 Å². The van der Waals surface area contributed by atoms with Gasteiger partial charge in [0.15, 0.2) is 0 Å². The van der Waals surface area contributed by atoms with Crippen LogP contribution in [-0.4, -0.2) is 62.7 Å². The van der Waals surface area contributed by atoms with E-state index in [-0.39, 0.29) is 36.1 Å². The van der Waals surface area contributed by atoms with Crippen LogP contribution in [0.5, 0.6) is 0 Å². The van der Waals surface area contributed by atoms with Crippen LogP contribution < -0.4 is 15.5 Å². The van der Waals surface area contributed by atoms with Gasteiger partial charge in [0, 0.05) is 50.0 Å². The van der Waals surface area contributed by atoms with Crippen LogP contribution in [-0.2, 0) is 0 Å². The summed E-state index contributed by atoms with van der Waals surface area (Å²) in [6, 6.07) is 8.72. The van der Waals surface area contributed by atoms with Crippen molar-refractivity contribution in [2.45, 2.75) is 39.7 Å². The van der Waals surface area contributed by atoms with Gasteiger partial charge in [-0.2, -0.15) is 0 Å². The van der Waals surface area contributed by atoms with Crippen LogP contribution in [0.25, 0.3) is 0 Å². The summed E-state index contributed by atoms with van der Waals surface area (Å²) >= 11 is 0. The molecule has 2 aliphatic heterocycles. The van der Waals surface area contributed by atoms with Gasteiger partial charge in [0.25, 0.3) is 5.91 Å². The molecule has 2 fully saturated rings. The number of hydrogen-bond donors (Lipinski definition) is 2. The zero-order chi connectivity index (χ0) is 18.6. The molecule has 5 nitrogen and oxygen atoms in total. The molecule has 160 valence electrons. The lowest BCUT2D eigenvalue weighted by atomic mass is 9.81. The average molecular weight is 431 g/mol. The molecule has 7 heteroatoms. The molecule has 3 rings (SSSR count). The first-order valence-electron chi connectivity index (χ1n) is 10.0. The molecular weight excluding hydrogens is 395 g/mol. The molecule has 2 aliphatic rings. The quantitative estimate of drug-likeness (QED) is 0.752. The molecule has 2 N–H and O–H groups in total. The summed E-state index contributed by atoms with van der Waals surface area (Å²) in [6.45, 7) is 13.9. The van der Waals surface area contributed by atoms with Crippen LogP contribution in [0.3, 0.4) is 0 Å². The second-order valence-corrected chi connectivity index (χ2v) is 8.41. The number of halogens is 2. The molecule has 2 heterocycles. The van der Waals surface area contributed by atoms with Crippen LogP contribution in [0, 0.1) is 5.41 Å². The monoisotopic (exact) mass is 430 g/mol. The largest absolute Gasteiger partial charge is 0.369 e. The number of hydrogen-bond acceptors (Lipinski definition) is 4. The molecule has 0 saturated carbocycles. The zero-order valence-electron chi connectivity index (χ0n) is 17.4. The second-order valence-electron chi connectivity index (χ2n) is 8.41. The Balaban J connectivity index is 0.00000196. The number of benzene rings is 1. The van der Waals surface area contributed by atoms with Gasteiger partial charge in [-0.05, 0) is 69.5 Å². The van der Waals surface area contributed by atoms with Gasteiger partial charge >= 0.3 is 0 Å².